The van der Waals surface area contributed by atoms with E-state index in [0.29, 0.717) is 0 Å². The van der Waals surface area contributed by atoms with Gasteiger partial charge in [0.15, 0.2) is 5.76 Å². The average Bonchev–Trinajstić information content (AvgIpc) is 3.16. The summed E-state index contributed by atoms with van der Waals surface area (Å²) in [6.07, 6.45) is 0.842. The van der Waals surface area contributed by atoms with E-state index in [1.165, 1.54) is 17.6 Å². The van der Waals surface area contributed by atoms with Crippen LogP contribution in [0, 0.1) is 0 Å². The summed E-state index contributed by atoms with van der Waals surface area (Å²) in [4.78, 5) is 23.1. The minimum atomic E-state index is -0.710. The predicted octanol–water partition coefficient (Wildman–Crippen LogP) is 1.31. The van der Waals surface area contributed by atoms with Crippen molar-refractivity contribution in [3.63, 3.8) is 0 Å². The highest BCUT2D eigenvalue weighted by Crippen LogP contribution is 2.14. The largest absolute Gasteiger partial charge is 0.459 e. The highest BCUT2D eigenvalue weighted by atomic mass is 32.1. The molecule has 2 heterocycles. The molecule has 0 saturated heterocycles. The molecule has 1 unspecified atom stereocenters. The molecule has 21 heavy (non-hydrogen) atoms. The van der Waals surface area contributed by atoms with E-state index < -0.39 is 6.10 Å². The van der Waals surface area contributed by atoms with Gasteiger partial charge in [0, 0.05) is 19.5 Å². The van der Waals surface area contributed by atoms with Gasteiger partial charge in [0.05, 0.1) is 12.4 Å². The van der Waals surface area contributed by atoms with Crippen molar-refractivity contribution in [1.29, 1.82) is 0 Å². The summed E-state index contributed by atoms with van der Waals surface area (Å²) in [6.45, 7) is 0.363. The number of thiophene rings is 1. The Hall–Kier alpha value is -2.12. The molecule has 0 radical (unpaired) electrons. The molecule has 7 heteroatoms. The van der Waals surface area contributed by atoms with Crippen LogP contribution in [0.25, 0.3) is 0 Å². The van der Waals surface area contributed by atoms with Crippen LogP contribution >= 0.6 is 11.3 Å². The topological polar surface area (TPSA) is 91.6 Å². The van der Waals surface area contributed by atoms with Crippen LogP contribution in [0.4, 0.5) is 0 Å². The Morgan fingerprint density at radius 3 is 2.86 bits per heavy atom. The Kier molecular flexibility index (Phi) is 5.53. The van der Waals surface area contributed by atoms with E-state index in [-0.39, 0.29) is 37.1 Å². The van der Waals surface area contributed by atoms with Crippen molar-refractivity contribution in [3.05, 3.63) is 46.5 Å². The SMILES string of the molecule is O=C(CCNC(=O)c1ccco1)NCC(O)c1ccsc1. The van der Waals surface area contributed by atoms with Gasteiger partial charge in [-0.2, -0.15) is 11.3 Å². The van der Waals surface area contributed by atoms with Crippen molar-refractivity contribution >= 4 is 23.2 Å². The second-order valence-corrected chi connectivity index (χ2v) is 5.14. The van der Waals surface area contributed by atoms with Gasteiger partial charge in [-0.1, -0.05) is 0 Å². The Labute approximate surface area is 125 Å². The fourth-order valence-corrected chi connectivity index (χ4v) is 2.37. The van der Waals surface area contributed by atoms with Gasteiger partial charge < -0.3 is 20.2 Å². The first-order chi connectivity index (χ1) is 10.2. The lowest BCUT2D eigenvalue weighted by atomic mass is 10.2. The van der Waals surface area contributed by atoms with E-state index in [9.17, 15) is 14.7 Å². The standard InChI is InChI=1S/C14H16N2O4S/c17-11(10-4-7-21-9-10)8-16-13(18)3-5-15-14(19)12-2-1-6-20-12/h1-2,4,6-7,9,11,17H,3,5,8H2,(H,15,19)(H,16,18). The third kappa shape index (κ3) is 4.73. The fourth-order valence-electron chi connectivity index (χ4n) is 1.67. The van der Waals surface area contributed by atoms with Crippen molar-refractivity contribution in [1.82, 2.24) is 10.6 Å². The van der Waals surface area contributed by atoms with Crippen LogP contribution in [0.5, 0.6) is 0 Å². The number of carbonyl (C=O) groups excluding carboxylic acids is 2. The van der Waals surface area contributed by atoms with E-state index in [1.54, 1.807) is 12.1 Å². The van der Waals surface area contributed by atoms with Crippen LogP contribution in [0.2, 0.25) is 0 Å². The smallest absolute Gasteiger partial charge is 0.286 e. The summed E-state index contributed by atoms with van der Waals surface area (Å²) < 4.78 is 4.93. The maximum atomic E-state index is 11.6. The first kappa shape index (κ1) is 15.3. The van der Waals surface area contributed by atoms with Crippen LogP contribution in [0.1, 0.15) is 28.6 Å². The van der Waals surface area contributed by atoms with E-state index in [1.807, 2.05) is 16.8 Å². The minimum Gasteiger partial charge on any atom is -0.459 e. The highest BCUT2D eigenvalue weighted by Gasteiger charge is 2.11. The minimum absolute atomic E-state index is 0.142. The van der Waals surface area contributed by atoms with Crippen LogP contribution in [0.15, 0.2) is 39.6 Å². The van der Waals surface area contributed by atoms with Gasteiger partial charge in [-0.15, -0.1) is 0 Å². The van der Waals surface area contributed by atoms with Gasteiger partial charge in [0.25, 0.3) is 5.91 Å². The summed E-state index contributed by atoms with van der Waals surface area (Å²) in [5.41, 5.74) is 0.784. The molecule has 3 N–H and O–H groups in total. The molecule has 2 amide bonds. The number of rotatable bonds is 7. The van der Waals surface area contributed by atoms with Crippen molar-refractivity contribution in [2.24, 2.45) is 0 Å². The molecule has 0 spiro atoms. The van der Waals surface area contributed by atoms with E-state index >= 15 is 0 Å². The van der Waals surface area contributed by atoms with Gasteiger partial charge >= 0.3 is 0 Å². The maximum absolute atomic E-state index is 11.6. The molecule has 2 aromatic rings. The molecule has 2 aromatic heterocycles. The van der Waals surface area contributed by atoms with Crippen molar-refractivity contribution in [2.45, 2.75) is 12.5 Å². The van der Waals surface area contributed by atoms with Crippen LogP contribution < -0.4 is 10.6 Å². The average molecular weight is 308 g/mol. The fraction of sp³-hybridized carbons (Fsp3) is 0.286. The monoisotopic (exact) mass is 308 g/mol. The molecule has 0 saturated carbocycles. The zero-order valence-electron chi connectivity index (χ0n) is 11.2. The van der Waals surface area contributed by atoms with E-state index in [0.717, 1.165) is 5.56 Å². The van der Waals surface area contributed by atoms with Gasteiger partial charge in [0.1, 0.15) is 0 Å². The van der Waals surface area contributed by atoms with Crippen LogP contribution in [0.3, 0.4) is 0 Å². The van der Waals surface area contributed by atoms with Gasteiger partial charge in [0.2, 0.25) is 5.91 Å². The maximum Gasteiger partial charge on any atom is 0.286 e. The summed E-state index contributed by atoms with van der Waals surface area (Å²) >= 11 is 1.49. The Morgan fingerprint density at radius 2 is 2.19 bits per heavy atom. The molecule has 6 nitrogen and oxygen atoms in total. The number of amides is 2. The van der Waals surface area contributed by atoms with Gasteiger partial charge in [-0.3, -0.25) is 9.59 Å². The lowest BCUT2D eigenvalue weighted by molar-refractivity contribution is -0.121. The quantitative estimate of drug-likeness (QED) is 0.719. The number of hydrogen-bond acceptors (Lipinski definition) is 5. The summed E-state index contributed by atoms with van der Waals surface area (Å²) in [5.74, 6) is -0.376. The third-order valence-electron chi connectivity index (χ3n) is 2.80. The normalized spacial score (nSPS) is 11.9. The number of aliphatic hydroxyl groups excluding tert-OH is 1. The Morgan fingerprint density at radius 1 is 1.33 bits per heavy atom. The lowest BCUT2D eigenvalue weighted by Gasteiger charge is -2.10. The second-order valence-electron chi connectivity index (χ2n) is 4.36. The molecule has 0 fully saturated rings. The van der Waals surface area contributed by atoms with Gasteiger partial charge in [-0.05, 0) is 34.5 Å². The molecule has 1 atom stereocenters. The van der Waals surface area contributed by atoms with Gasteiger partial charge in [-0.25, -0.2) is 0 Å². The summed E-state index contributed by atoms with van der Waals surface area (Å²) in [6, 6.07) is 4.98. The molecular formula is C14H16N2O4S. The second kappa shape index (κ2) is 7.61. The molecule has 0 aliphatic heterocycles. The zero-order valence-corrected chi connectivity index (χ0v) is 12.1. The molecule has 2 rings (SSSR count). The first-order valence-corrected chi connectivity index (χ1v) is 7.39. The molecule has 0 bridgehead atoms. The predicted molar refractivity (Wildman–Crippen MR) is 77.9 cm³/mol. The van der Waals surface area contributed by atoms with E-state index in [2.05, 4.69) is 10.6 Å². The summed E-state index contributed by atoms with van der Waals surface area (Å²) in [7, 11) is 0. The van der Waals surface area contributed by atoms with Crippen molar-refractivity contribution < 1.29 is 19.1 Å². The third-order valence-corrected chi connectivity index (χ3v) is 3.50. The molecule has 0 aromatic carbocycles. The molecule has 0 aliphatic rings. The number of carbonyl (C=O) groups is 2. The highest BCUT2D eigenvalue weighted by molar-refractivity contribution is 7.07. The Balaban J connectivity index is 1.63. The zero-order chi connectivity index (χ0) is 15.1. The molecular weight excluding hydrogens is 292 g/mol. The van der Waals surface area contributed by atoms with Crippen molar-refractivity contribution in [2.75, 3.05) is 13.1 Å². The lowest BCUT2D eigenvalue weighted by Crippen LogP contribution is -2.32. The van der Waals surface area contributed by atoms with E-state index in [4.69, 9.17) is 4.42 Å². The number of aliphatic hydroxyl groups is 1. The van der Waals surface area contributed by atoms with Crippen molar-refractivity contribution in [3.8, 4) is 0 Å². The number of furan rings is 1. The Bertz CT molecular complexity index is 566. The number of nitrogens with one attached hydrogen (secondary N) is 2. The molecule has 0 aliphatic carbocycles. The first-order valence-electron chi connectivity index (χ1n) is 6.45. The van der Waals surface area contributed by atoms with Crippen LogP contribution in [-0.2, 0) is 4.79 Å². The number of hydrogen-bond donors (Lipinski definition) is 3. The molecule has 112 valence electrons. The summed E-state index contributed by atoms with van der Waals surface area (Å²) in [5, 5.41) is 18.7. The van der Waals surface area contributed by atoms with Crippen LogP contribution in [-0.4, -0.2) is 30.0 Å².